The zero-order valence-corrected chi connectivity index (χ0v) is 9.66. The molecule has 0 aliphatic rings. The van der Waals surface area contributed by atoms with Crippen molar-refractivity contribution in [2.24, 2.45) is 5.10 Å². The minimum Gasteiger partial charge on any atom is -0.502 e. The van der Waals surface area contributed by atoms with E-state index in [1.54, 1.807) is 0 Å². The Hall–Kier alpha value is -2.55. The molecule has 92 valence electrons. The summed E-state index contributed by atoms with van der Waals surface area (Å²) in [5, 5.41) is 30.0. The first kappa shape index (κ1) is 11.9. The zero-order chi connectivity index (χ0) is 13.1. The number of H-pyrrole nitrogens is 1. The van der Waals surface area contributed by atoms with Crippen LogP contribution in [0.4, 0.5) is 5.69 Å². The van der Waals surface area contributed by atoms with Crippen molar-refractivity contribution in [2.75, 3.05) is 0 Å². The summed E-state index contributed by atoms with van der Waals surface area (Å²) in [5.41, 5.74) is 0.0809. The normalized spacial score (nSPS) is 10.9. The SMILES string of the molecule is O=[N+]([O-])c1cc(/C=N/n2cn[nH]c2=S)ccc1O. The predicted octanol–water partition coefficient (Wildman–Crippen LogP) is 1.44. The molecule has 2 aromatic rings. The van der Waals surface area contributed by atoms with E-state index in [2.05, 4.69) is 15.3 Å². The monoisotopic (exact) mass is 265 g/mol. The van der Waals surface area contributed by atoms with E-state index in [1.807, 2.05) is 0 Å². The smallest absolute Gasteiger partial charge is 0.311 e. The Labute approximate surface area is 105 Å². The molecule has 0 atom stereocenters. The standard InChI is InChI=1S/C9H7N5O3S/c15-8-2-1-6(3-7(8)14(16)17)4-11-13-5-10-12-9(13)18/h1-5,15H,(H,12,18)/b11-4+. The van der Waals surface area contributed by atoms with E-state index < -0.39 is 10.7 Å². The van der Waals surface area contributed by atoms with Gasteiger partial charge in [0.25, 0.3) is 0 Å². The minimum atomic E-state index is -0.670. The highest BCUT2D eigenvalue weighted by molar-refractivity contribution is 7.71. The van der Waals surface area contributed by atoms with Gasteiger partial charge >= 0.3 is 5.69 Å². The van der Waals surface area contributed by atoms with E-state index >= 15 is 0 Å². The summed E-state index contributed by atoms with van der Waals surface area (Å²) in [4.78, 5) is 9.95. The number of nitrogens with one attached hydrogen (secondary N) is 1. The van der Waals surface area contributed by atoms with Gasteiger partial charge in [0.2, 0.25) is 4.77 Å². The molecule has 2 N–H and O–H groups in total. The number of phenolic OH excluding ortho intramolecular Hbond substituents is 1. The minimum absolute atomic E-state index is 0.305. The van der Waals surface area contributed by atoms with Gasteiger partial charge in [0, 0.05) is 11.6 Å². The second-order valence-electron chi connectivity index (χ2n) is 3.26. The summed E-state index contributed by atoms with van der Waals surface area (Å²) in [6.07, 6.45) is 2.74. The molecule has 0 aliphatic heterocycles. The average molecular weight is 265 g/mol. The van der Waals surface area contributed by atoms with Crippen molar-refractivity contribution in [2.45, 2.75) is 0 Å². The number of aromatic nitrogens is 3. The van der Waals surface area contributed by atoms with E-state index in [0.717, 1.165) is 0 Å². The van der Waals surface area contributed by atoms with Gasteiger partial charge in [0.05, 0.1) is 11.1 Å². The number of nitrogens with zero attached hydrogens (tertiary/aromatic N) is 4. The van der Waals surface area contributed by atoms with Crippen LogP contribution in [0.25, 0.3) is 0 Å². The quantitative estimate of drug-likeness (QED) is 0.377. The van der Waals surface area contributed by atoms with Gasteiger partial charge in [-0.05, 0) is 24.4 Å². The number of nitro benzene ring substituents is 1. The summed E-state index contributed by atoms with van der Waals surface area (Å²) in [7, 11) is 0. The van der Waals surface area contributed by atoms with Gasteiger partial charge in [0.1, 0.15) is 6.33 Å². The highest BCUT2D eigenvalue weighted by atomic mass is 32.1. The molecule has 1 heterocycles. The van der Waals surface area contributed by atoms with Crippen LogP contribution in [0.2, 0.25) is 0 Å². The number of benzene rings is 1. The van der Waals surface area contributed by atoms with Gasteiger partial charge in [-0.25, -0.2) is 0 Å². The third kappa shape index (κ3) is 2.40. The fourth-order valence-corrected chi connectivity index (χ4v) is 1.37. The van der Waals surface area contributed by atoms with Crippen LogP contribution in [0.15, 0.2) is 29.6 Å². The number of nitro groups is 1. The molecule has 18 heavy (non-hydrogen) atoms. The molecule has 0 spiro atoms. The maximum absolute atomic E-state index is 10.6. The van der Waals surface area contributed by atoms with E-state index in [0.29, 0.717) is 10.3 Å². The van der Waals surface area contributed by atoms with E-state index in [-0.39, 0.29) is 5.69 Å². The number of aromatic amines is 1. The van der Waals surface area contributed by atoms with Gasteiger partial charge in [-0.2, -0.15) is 14.9 Å². The van der Waals surface area contributed by atoms with Crippen LogP contribution in [-0.2, 0) is 0 Å². The molecule has 9 heteroatoms. The molecule has 0 amide bonds. The van der Waals surface area contributed by atoms with Gasteiger partial charge in [-0.15, -0.1) is 0 Å². The summed E-state index contributed by atoms with van der Waals surface area (Å²) in [5.74, 6) is -0.392. The fraction of sp³-hybridized carbons (Fsp3) is 0. The molecule has 0 saturated carbocycles. The van der Waals surface area contributed by atoms with Crippen molar-refractivity contribution < 1.29 is 10.0 Å². The molecule has 0 bridgehead atoms. The zero-order valence-electron chi connectivity index (χ0n) is 8.85. The second-order valence-corrected chi connectivity index (χ2v) is 3.64. The fourth-order valence-electron chi connectivity index (χ4n) is 1.22. The number of hydrogen-bond donors (Lipinski definition) is 2. The molecule has 0 saturated heterocycles. The first-order valence-corrected chi connectivity index (χ1v) is 5.12. The Bertz CT molecular complexity index is 675. The van der Waals surface area contributed by atoms with E-state index in [4.69, 9.17) is 12.2 Å². The Morgan fingerprint density at radius 1 is 1.61 bits per heavy atom. The summed E-state index contributed by atoms with van der Waals surface area (Å²) in [6.45, 7) is 0. The summed E-state index contributed by atoms with van der Waals surface area (Å²) in [6, 6.07) is 3.94. The van der Waals surface area contributed by atoms with Crippen molar-refractivity contribution >= 4 is 24.1 Å². The Kier molecular flexibility index (Phi) is 3.15. The Morgan fingerprint density at radius 2 is 2.39 bits per heavy atom. The maximum Gasteiger partial charge on any atom is 0.311 e. The van der Waals surface area contributed by atoms with Crippen LogP contribution in [0.1, 0.15) is 5.56 Å². The molecule has 0 aliphatic carbocycles. The van der Waals surface area contributed by atoms with Crippen molar-refractivity contribution in [3.63, 3.8) is 0 Å². The molecule has 0 fully saturated rings. The van der Waals surface area contributed by atoms with Crippen LogP contribution in [-0.4, -0.2) is 31.1 Å². The molecular weight excluding hydrogens is 258 g/mol. The summed E-state index contributed by atoms with van der Waals surface area (Å²) >= 11 is 4.87. The average Bonchev–Trinajstić information content (AvgIpc) is 2.73. The number of rotatable bonds is 3. The van der Waals surface area contributed by atoms with Crippen molar-refractivity contribution in [1.82, 2.24) is 14.9 Å². The third-order valence-electron chi connectivity index (χ3n) is 2.06. The first-order chi connectivity index (χ1) is 8.58. The van der Waals surface area contributed by atoms with Crippen molar-refractivity contribution in [1.29, 1.82) is 0 Å². The topological polar surface area (TPSA) is 109 Å². The number of phenols is 1. The number of hydrogen-bond acceptors (Lipinski definition) is 6. The highest BCUT2D eigenvalue weighted by Crippen LogP contribution is 2.25. The lowest BCUT2D eigenvalue weighted by atomic mass is 10.2. The van der Waals surface area contributed by atoms with Gasteiger partial charge in [-0.3, -0.25) is 15.2 Å². The highest BCUT2D eigenvalue weighted by Gasteiger charge is 2.12. The van der Waals surface area contributed by atoms with Crippen molar-refractivity contribution in [3.05, 3.63) is 45.0 Å². The Morgan fingerprint density at radius 3 is 3.00 bits per heavy atom. The maximum atomic E-state index is 10.6. The van der Waals surface area contributed by atoms with E-state index in [1.165, 1.54) is 35.4 Å². The molecule has 8 nitrogen and oxygen atoms in total. The van der Waals surface area contributed by atoms with Crippen LogP contribution in [0, 0.1) is 14.9 Å². The first-order valence-electron chi connectivity index (χ1n) is 4.72. The molecule has 0 unspecified atom stereocenters. The molecule has 1 aromatic carbocycles. The lowest BCUT2D eigenvalue weighted by molar-refractivity contribution is -0.385. The largest absolute Gasteiger partial charge is 0.502 e. The molecule has 0 radical (unpaired) electrons. The van der Waals surface area contributed by atoms with Crippen LogP contribution < -0.4 is 0 Å². The molecule has 1 aromatic heterocycles. The van der Waals surface area contributed by atoms with Crippen molar-refractivity contribution in [3.8, 4) is 5.75 Å². The Balaban J connectivity index is 2.33. The number of aromatic hydroxyl groups is 1. The third-order valence-corrected chi connectivity index (χ3v) is 2.34. The summed E-state index contributed by atoms with van der Waals surface area (Å²) < 4.78 is 1.60. The predicted molar refractivity (Wildman–Crippen MR) is 65.2 cm³/mol. The second kappa shape index (κ2) is 4.75. The lowest BCUT2D eigenvalue weighted by Gasteiger charge is -1.97. The van der Waals surface area contributed by atoms with Gasteiger partial charge in [0.15, 0.2) is 5.75 Å². The van der Waals surface area contributed by atoms with Crippen LogP contribution >= 0.6 is 12.2 Å². The van der Waals surface area contributed by atoms with Crippen LogP contribution in [0.3, 0.4) is 0 Å². The lowest BCUT2D eigenvalue weighted by Crippen LogP contribution is -1.92. The van der Waals surface area contributed by atoms with Gasteiger partial charge in [-0.1, -0.05) is 0 Å². The van der Waals surface area contributed by atoms with Crippen LogP contribution in [0.5, 0.6) is 5.75 Å². The van der Waals surface area contributed by atoms with E-state index in [9.17, 15) is 15.2 Å². The van der Waals surface area contributed by atoms with Gasteiger partial charge < -0.3 is 5.11 Å². The molecular formula is C9H7N5O3S. The molecule has 2 rings (SSSR count).